The molecule has 1 saturated heterocycles. The Bertz CT molecular complexity index is 65.1. The van der Waals surface area contributed by atoms with Gasteiger partial charge in [-0.15, -0.1) is 0 Å². The minimum atomic E-state index is -0.241. The van der Waals surface area contributed by atoms with Crippen LogP contribution in [-0.4, -0.2) is 18.9 Å². The first kappa shape index (κ1) is 5.04. The lowest BCUT2D eigenvalue weighted by molar-refractivity contribution is 0.348. The molecule has 0 N–H and O–H groups in total. The van der Waals surface area contributed by atoms with E-state index in [-0.39, 0.29) is 12.8 Å². The van der Waals surface area contributed by atoms with Gasteiger partial charge in [-0.1, -0.05) is 0 Å². The third-order valence-corrected chi connectivity index (χ3v) is 1.23. The Morgan fingerprint density at radius 2 is 2.29 bits per heavy atom. The quantitative estimate of drug-likeness (QED) is 0.478. The number of hydrogen-bond acceptors (Lipinski definition) is 1. The molecule has 0 aromatic rings. The molecule has 0 aromatic heterocycles. The molecule has 7 heavy (non-hydrogen) atoms. The summed E-state index contributed by atoms with van der Waals surface area (Å²) in [6.45, 7) is 1.72. The number of ether oxygens (including phenoxy) is 1. The van der Waals surface area contributed by atoms with E-state index in [4.69, 9.17) is 4.74 Å². The maximum Gasteiger partial charge on any atom is 0.0920 e. The second-order valence-corrected chi connectivity index (χ2v) is 1.86. The van der Waals surface area contributed by atoms with E-state index in [0.29, 0.717) is 12.5 Å². The predicted octanol–water partition coefficient (Wildman–Crippen LogP) is 1.13. The van der Waals surface area contributed by atoms with Crippen molar-refractivity contribution in [2.45, 2.75) is 25.6 Å². The highest BCUT2D eigenvalue weighted by Gasteiger charge is 2.32. The van der Waals surface area contributed by atoms with E-state index in [0.717, 1.165) is 0 Å². The van der Waals surface area contributed by atoms with Gasteiger partial charge >= 0.3 is 0 Å². The van der Waals surface area contributed by atoms with Crippen molar-refractivity contribution in [2.24, 2.45) is 0 Å². The molecule has 2 atom stereocenters. The summed E-state index contributed by atoms with van der Waals surface area (Å²) in [6, 6.07) is 0. The fourth-order valence-electron chi connectivity index (χ4n) is 0.641. The normalized spacial score (nSPS) is 38.6. The standard InChI is InChI=1S/C5H9FO/c1-4-5(7-4)2-3-6/h4-5H,2-3H2,1H3. The third-order valence-electron chi connectivity index (χ3n) is 1.23. The van der Waals surface area contributed by atoms with Crippen LogP contribution in [0.3, 0.4) is 0 Å². The van der Waals surface area contributed by atoms with Crippen molar-refractivity contribution in [3.63, 3.8) is 0 Å². The highest BCUT2D eigenvalue weighted by atomic mass is 19.1. The van der Waals surface area contributed by atoms with Gasteiger partial charge in [0, 0.05) is 6.42 Å². The number of rotatable bonds is 2. The molecular weight excluding hydrogens is 95.1 g/mol. The van der Waals surface area contributed by atoms with E-state index in [1.54, 1.807) is 0 Å². The van der Waals surface area contributed by atoms with Crippen LogP contribution >= 0.6 is 0 Å². The number of alkyl halides is 1. The summed E-state index contributed by atoms with van der Waals surface area (Å²) in [7, 11) is 0. The van der Waals surface area contributed by atoms with E-state index in [1.807, 2.05) is 6.92 Å². The summed E-state index contributed by atoms with van der Waals surface area (Å²) in [5.74, 6) is 0. The summed E-state index contributed by atoms with van der Waals surface area (Å²) in [5.41, 5.74) is 0. The maximum atomic E-state index is 11.4. The summed E-state index contributed by atoms with van der Waals surface area (Å²) in [6.07, 6.45) is 1.15. The highest BCUT2D eigenvalue weighted by molar-refractivity contribution is 4.79. The number of hydrogen-bond donors (Lipinski definition) is 0. The average molecular weight is 104 g/mol. The summed E-state index contributed by atoms with van der Waals surface area (Å²) >= 11 is 0. The van der Waals surface area contributed by atoms with E-state index in [2.05, 4.69) is 0 Å². The van der Waals surface area contributed by atoms with Crippen molar-refractivity contribution < 1.29 is 9.13 Å². The Balaban J connectivity index is 1.98. The SMILES string of the molecule is CC1OC1CCF. The smallest absolute Gasteiger partial charge is 0.0920 e. The highest BCUT2D eigenvalue weighted by Crippen LogP contribution is 2.23. The van der Waals surface area contributed by atoms with Crippen molar-refractivity contribution in [1.29, 1.82) is 0 Å². The van der Waals surface area contributed by atoms with Gasteiger partial charge in [-0.2, -0.15) is 0 Å². The molecule has 0 aliphatic carbocycles. The molecule has 1 aliphatic heterocycles. The Morgan fingerprint density at radius 3 is 2.43 bits per heavy atom. The second-order valence-electron chi connectivity index (χ2n) is 1.86. The molecular formula is C5H9FO. The molecule has 0 spiro atoms. The van der Waals surface area contributed by atoms with E-state index >= 15 is 0 Å². The van der Waals surface area contributed by atoms with Crippen molar-refractivity contribution in [2.75, 3.05) is 6.67 Å². The van der Waals surface area contributed by atoms with Crippen LogP contribution in [0.5, 0.6) is 0 Å². The molecule has 2 heteroatoms. The fourth-order valence-corrected chi connectivity index (χ4v) is 0.641. The molecule has 0 radical (unpaired) electrons. The molecule has 0 bridgehead atoms. The monoisotopic (exact) mass is 104 g/mol. The molecule has 1 aliphatic rings. The lowest BCUT2D eigenvalue weighted by Crippen LogP contribution is -1.89. The number of halogens is 1. The number of epoxide rings is 1. The van der Waals surface area contributed by atoms with Gasteiger partial charge in [-0.3, -0.25) is 4.39 Å². The first-order valence-corrected chi connectivity index (χ1v) is 2.56. The predicted molar refractivity (Wildman–Crippen MR) is 24.9 cm³/mol. The van der Waals surface area contributed by atoms with E-state index in [9.17, 15) is 4.39 Å². The van der Waals surface area contributed by atoms with Crippen LogP contribution in [0.15, 0.2) is 0 Å². The van der Waals surface area contributed by atoms with Crippen LogP contribution in [-0.2, 0) is 4.74 Å². The average Bonchev–Trinajstić information content (AvgIpc) is 2.22. The van der Waals surface area contributed by atoms with Gasteiger partial charge in [0.25, 0.3) is 0 Å². The van der Waals surface area contributed by atoms with Crippen LogP contribution < -0.4 is 0 Å². The van der Waals surface area contributed by atoms with Gasteiger partial charge in [0.15, 0.2) is 0 Å². The minimum absolute atomic E-state index is 0.241. The van der Waals surface area contributed by atoms with Crippen LogP contribution in [0.1, 0.15) is 13.3 Å². The van der Waals surface area contributed by atoms with Crippen LogP contribution in [0.4, 0.5) is 4.39 Å². The Morgan fingerprint density at radius 1 is 1.71 bits per heavy atom. The Kier molecular flexibility index (Phi) is 1.28. The van der Waals surface area contributed by atoms with Gasteiger partial charge in [-0.25, -0.2) is 0 Å². The second kappa shape index (κ2) is 1.78. The Labute approximate surface area is 42.5 Å². The fraction of sp³-hybridized carbons (Fsp3) is 1.00. The van der Waals surface area contributed by atoms with Crippen molar-refractivity contribution in [3.05, 3.63) is 0 Å². The molecule has 1 heterocycles. The summed E-state index contributed by atoms with van der Waals surface area (Å²) < 4.78 is 16.3. The molecule has 42 valence electrons. The molecule has 2 unspecified atom stereocenters. The Hall–Kier alpha value is -0.110. The zero-order valence-corrected chi connectivity index (χ0v) is 4.36. The summed E-state index contributed by atoms with van der Waals surface area (Å²) in [4.78, 5) is 0. The van der Waals surface area contributed by atoms with Gasteiger partial charge in [0.1, 0.15) is 0 Å². The van der Waals surface area contributed by atoms with Gasteiger partial charge < -0.3 is 4.74 Å². The molecule has 1 nitrogen and oxygen atoms in total. The molecule has 0 amide bonds. The third kappa shape index (κ3) is 1.13. The van der Waals surface area contributed by atoms with Crippen LogP contribution in [0.25, 0.3) is 0 Å². The lowest BCUT2D eigenvalue weighted by atomic mass is 10.3. The zero-order valence-electron chi connectivity index (χ0n) is 4.36. The maximum absolute atomic E-state index is 11.4. The van der Waals surface area contributed by atoms with Gasteiger partial charge in [0.2, 0.25) is 0 Å². The van der Waals surface area contributed by atoms with Crippen LogP contribution in [0.2, 0.25) is 0 Å². The van der Waals surface area contributed by atoms with Crippen molar-refractivity contribution in [1.82, 2.24) is 0 Å². The zero-order chi connectivity index (χ0) is 5.28. The van der Waals surface area contributed by atoms with Crippen LogP contribution in [0, 0.1) is 0 Å². The van der Waals surface area contributed by atoms with Crippen molar-refractivity contribution in [3.8, 4) is 0 Å². The molecule has 0 saturated carbocycles. The topological polar surface area (TPSA) is 12.5 Å². The largest absolute Gasteiger partial charge is 0.370 e. The molecule has 1 fully saturated rings. The van der Waals surface area contributed by atoms with E-state index < -0.39 is 0 Å². The van der Waals surface area contributed by atoms with E-state index in [1.165, 1.54) is 0 Å². The molecule has 1 rings (SSSR count). The van der Waals surface area contributed by atoms with Gasteiger partial charge in [-0.05, 0) is 6.92 Å². The first-order chi connectivity index (χ1) is 3.34. The molecule has 0 aromatic carbocycles. The van der Waals surface area contributed by atoms with Crippen molar-refractivity contribution >= 4 is 0 Å². The minimum Gasteiger partial charge on any atom is -0.370 e. The summed E-state index contributed by atoms with van der Waals surface area (Å²) in [5, 5.41) is 0. The lowest BCUT2D eigenvalue weighted by Gasteiger charge is -1.79. The first-order valence-electron chi connectivity index (χ1n) is 2.56. The van der Waals surface area contributed by atoms with Gasteiger partial charge in [0.05, 0.1) is 18.9 Å².